The van der Waals surface area contributed by atoms with Crippen molar-refractivity contribution >= 4 is 23.9 Å². The van der Waals surface area contributed by atoms with Gasteiger partial charge in [0.05, 0.1) is 0 Å². The van der Waals surface area contributed by atoms with E-state index in [1.165, 1.54) is 0 Å². The highest BCUT2D eigenvalue weighted by Crippen LogP contribution is 2.38. The smallest absolute Gasteiger partial charge is 0.335 e. The third-order valence-corrected chi connectivity index (χ3v) is 8.00. The van der Waals surface area contributed by atoms with Crippen LogP contribution in [0.3, 0.4) is 0 Å². The molecule has 0 amide bonds. The molecule has 0 saturated heterocycles. The molecule has 0 bridgehead atoms. The Morgan fingerprint density at radius 1 is 0.327 bits per heavy atom. The standard InChI is InChI=1S/C44H34O8/c1-5-39(45)49-35-21-13-31(14-22-35)43(32-15-23-36(24-16-32)50-40(46)6-2)29-9-11-30(12-10-29)44(33-17-25-37(26-18-33)51-41(47)7-3)34-19-27-38(28-20-34)52-42(48)8-4/h5-28,43-44H,1-4H2. The van der Waals surface area contributed by atoms with Crippen molar-refractivity contribution in [1.29, 1.82) is 0 Å². The zero-order valence-corrected chi connectivity index (χ0v) is 28.1. The summed E-state index contributed by atoms with van der Waals surface area (Å²) in [5.41, 5.74) is 5.63. The third kappa shape index (κ3) is 9.13. The maximum atomic E-state index is 11.8. The van der Waals surface area contributed by atoms with Crippen LogP contribution in [-0.2, 0) is 19.2 Å². The van der Waals surface area contributed by atoms with Crippen molar-refractivity contribution in [1.82, 2.24) is 0 Å². The van der Waals surface area contributed by atoms with E-state index < -0.39 is 23.9 Å². The number of carbonyl (C=O) groups is 4. The second-order valence-electron chi connectivity index (χ2n) is 11.3. The first-order chi connectivity index (χ1) is 25.2. The van der Waals surface area contributed by atoms with Gasteiger partial charge in [-0.25, -0.2) is 19.2 Å². The minimum Gasteiger partial charge on any atom is -0.423 e. The summed E-state index contributed by atoms with van der Waals surface area (Å²) in [4.78, 5) is 47.1. The summed E-state index contributed by atoms with van der Waals surface area (Å²) < 4.78 is 21.2. The number of ether oxygens (including phenoxy) is 4. The fraction of sp³-hybridized carbons (Fsp3) is 0.0455. The highest BCUT2D eigenvalue weighted by Gasteiger charge is 2.21. The van der Waals surface area contributed by atoms with Crippen LogP contribution in [0.15, 0.2) is 172 Å². The van der Waals surface area contributed by atoms with Gasteiger partial charge >= 0.3 is 23.9 Å². The number of carbonyl (C=O) groups excluding carboxylic acids is 4. The Balaban J connectivity index is 1.54. The molecule has 5 aromatic rings. The summed E-state index contributed by atoms with van der Waals surface area (Å²) in [6, 6.07) is 37.1. The molecule has 0 spiro atoms. The Morgan fingerprint density at radius 2 is 0.481 bits per heavy atom. The van der Waals surface area contributed by atoms with E-state index in [1.54, 1.807) is 48.5 Å². The molecule has 0 aromatic heterocycles. The van der Waals surface area contributed by atoms with Crippen molar-refractivity contribution in [3.63, 3.8) is 0 Å². The molecule has 0 radical (unpaired) electrons. The van der Waals surface area contributed by atoms with Gasteiger partial charge in [0.2, 0.25) is 0 Å². The molecule has 0 aliphatic heterocycles. The minimum absolute atomic E-state index is 0.251. The van der Waals surface area contributed by atoms with Gasteiger partial charge in [-0.05, 0) is 81.9 Å². The van der Waals surface area contributed by atoms with Crippen LogP contribution in [-0.4, -0.2) is 23.9 Å². The van der Waals surface area contributed by atoms with Gasteiger partial charge in [0.25, 0.3) is 0 Å². The molecule has 5 rings (SSSR count). The van der Waals surface area contributed by atoms with Gasteiger partial charge in [-0.15, -0.1) is 0 Å². The molecular weight excluding hydrogens is 656 g/mol. The van der Waals surface area contributed by atoms with Crippen LogP contribution in [0.5, 0.6) is 23.0 Å². The molecule has 0 aliphatic rings. The van der Waals surface area contributed by atoms with Crippen molar-refractivity contribution in [2.45, 2.75) is 11.8 Å². The van der Waals surface area contributed by atoms with E-state index in [-0.39, 0.29) is 11.8 Å². The number of benzene rings is 5. The van der Waals surface area contributed by atoms with E-state index in [0.29, 0.717) is 23.0 Å². The number of esters is 4. The third-order valence-electron chi connectivity index (χ3n) is 8.00. The van der Waals surface area contributed by atoms with E-state index >= 15 is 0 Å². The van der Waals surface area contributed by atoms with Gasteiger partial charge in [-0.1, -0.05) is 99.1 Å². The van der Waals surface area contributed by atoms with E-state index in [1.807, 2.05) is 72.8 Å². The fourth-order valence-electron chi connectivity index (χ4n) is 5.58. The number of hydrogen-bond acceptors (Lipinski definition) is 8. The van der Waals surface area contributed by atoms with E-state index in [4.69, 9.17) is 18.9 Å². The van der Waals surface area contributed by atoms with Gasteiger partial charge in [-0.3, -0.25) is 0 Å². The molecule has 5 aromatic carbocycles. The van der Waals surface area contributed by atoms with Crippen molar-refractivity contribution in [2.24, 2.45) is 0 Å². The second-order valence-corrected chi connectivity index (χ2v) is 11.3. The zero-order chi connectivity index (χ0) is 37.0. The molecule has 0 heterocycles. The first-order valence-electron chi connectivity index (χ1n) is 16.1. The Labute approximate surface area is 301 Å². The summed E-state index contributed by atoms with van der Waals surface area (Å²) in [6.07, 6.45) is 4.41. The van der Waals surface area contributed by atoms with Crippen LogP contribution in [0.2, 0.25) is 0 Å². The molecule has 0 atom stereocenters. The lowest BCUT2D eigenvalue weighted by Crippen LogP contribution is -2.08. The molecular formula is C44H34O8. The lowest BCUT2D eigenvalue weighted by atomic mass is 9.81. The van der Waals surface area contributed by atoms with E-state index in [0.717, 1.165) is 57.7 Å². The van der Waals surface area contributed by atoms with Gasteiger partial charge < -0.3 is 18.9 Å². The van der Waals surface area contributed by atoms with Crippen LogP contribution in [0, 0.1) is 0 Å². The minimum atomic E-state index is -0.557. The van der Waals surface area contributed by atoms with Gasteiger partial charge in [0.1, 0.15) is 23.0 Å². The largest absolute Gasteiger partial charge is 0.423 e. The summed E-state index contributed by atoms with van der Waals surface area (Å²) in [7, 11) is 0. The molecule has 0 fully saturated rings. The molecule has 0 unspecified atom stereocenters. The lowest BCUT2D eigenvalue weighted by Gasteiger charge is -2.23. The summed E-state index contributed by atoms with van der Waals surface area (Å²) in [5, 5.41) is 0. The Morgan fingerprint density at radius 3 is 0.635 bits per heavy atom. The summed E-state index contributed by atoms with van der Waals surface area (Å²) >= 11 is 0. The number of rotatable bonds is 14. The predicted octanol–water partition coefficient (Wildman–Crippen LogP) is 8.41. The highest BCUT2D eigenvalue weighted by atomic mass is 16.5. The molecule has 8 nitrogen and oxygen atoms in total. The van der Waals surface area contributed by atoms with E-state index in [2.05, 4.69) is 26.3 Å². The topological polar surface area (TPSA) is 105 Å². The first-order valence-corrected chi connectivity index (χ1v) is 16.1. The molecule has 52 heavy (non-hydrogen) atoms. The second kappa shape index (κ2) is 17.0. The Bertz CT molecular complexity index is 1810. The highest BCUT2D eigenvalue weighted by molar-refractivity contribution is 5.84. The molecule has 0 N–H and O–H groups in total. The van der Waals surface area contributed by atoms with E-state index in [9.17, 15) is 19.2 Å². The van der Waals surface area contributed by atoms with Gasteiger partial charge in [0, 0.05) is 36.1 Å². The maximum Gasteiger partial charge on any atom is 0.335 e. The van der Waals surface area contributed by atoms with Gasteiger partial charge in [-0.2, -0.15) is 0 Å². The molecule has 0 aliphatic carbocycles. The average Bonchev–Trinajstić information content (AvgIpc) is 3.18. The summed E-state index contributed by atoms with van der Waals surface area (Å²) in [5.74, 6) is -1.20. The average molecular weight is 691 g/mol. The monoisotopic (exact) mass is 690 g/mol. The summed E-state index contributed by atoms with van der Waals surface area (Å²) in [6.45, 7) is 13.8. The Hall–Kier alpha value is -7.06. The van der Waals surface area contributed by atoms with Crippen molar-refractivity contribution in [3.05, 3.63) is 205 Å². The van der Waals surface area contributed by atoms with Crippen LogP contribution in [0.4, 0.5) is 0 Å². The maximum absolute atomic E-state index is 11.8. The van der Waals surface area contributed by atoms with Crippen LogP contribution in [0.1, 0.15) is 45.2 Å². The number of hydrogen-bond donors (Lipinski definition) is 0. The quantitative estimate of drug-likeness (QED) is 0.0495. The van der Waals surface area contributed by atoms with Gasteiger partial charge in [0.15, 0.2) is 0 Å². The van der Waals surface area contributed by atoms with Crippen LogP contribution < -0.4 is 18.9 Å². The van der Waals surface area contributed by atoms with Crippen molar-refractivity contribution in [3.8, 4) is 23.0 Å². The predicted molar refractivity (Wildman–Crippen MR) is 197 cm³/mol. The fourth-order valence-corrected chi connectivity index (χ4v) is 5.58. The van der Waals surface area contributed by atoms with Crippen molar-refractivity contribution in [2.75, 3.05) is 0 Å². The zero-order valence-electron chi connectivity index (χ0n) is 28.1. The SMILES string of the molecule is C=CC(=O)Oc1ccc(C(c2ccc(OC(=O)C=C)cc2)c2ccc(C(c3ccc(OC(=O)C=C)cc3)c3ccc(OC(=O)C=C)cc3)cc2)cc1. The normalized spacial score (nSPS) is 10.5. The van der Waals surface area contributed by atoms with Crippen LogP contribution >= 0.6 is 0 Å². The first kappa shape index (κ1) is 36.2. The molecule has 0 saturated carbocycles. The molecule has 258 valence electrons. The lowest BCUT2D eigenvalue weighted by molar-refractivity contribution is -0.129. The molecule has 8 heteroatoms. The van der Waals surface area contributed by atoms with Crippen molar-refractivity contribution < 1.29 is 38.1 Å². The Kier molecular flexibility index (Phi) is 11.9. The van der Waals surface area contributed by atoms with Crippen LogP contribution in [0.25, 0.3) is 0 Å².